The van der Waals surface area contributed by atoms with Crippen LogP contribution in [0, 0.1) is 0 Å². The molecule has 1 atom stereocenters. The number of carbonyl (C=O) groups excluding carboxylic acids is 1. The topological polar surface area (TPSA) is 48.3 Å². The van der Waals surface area contributed by atoms with Gasteiger partial charge in [0, 0.05) is 16.1 Å². The summed E-state index contributed by atoms with van der Waals surface area (Å²) in [5.41, 5.74) is 3.67. The number of rotatable bonds is 2. The molecule has 5 nitrogen and oxygen atoms in total. The van der Waals surface area contributed by atoms with E-state index in [1.54, 1.807) is 0 Å². The minimum atomic E-state index is -0.242. The van der Waals surface area contributed by atoms with Crippen molar-refractivity contribution in [1.29, 1.82) is 0 Å². The van der Waals surface area contributed by atoms with E-state index in [1.165, 1.54) is 11.2 Å². The number of hydrogen-bond donors (Lipinski definition) is 0. The summed E-state index contributed by atoms with van der Waals surface area (Å²) < 4.78 is 0. The predicted octanol–water partition coefficient (Wildman–Crippen LogP) is 2.74. The fourth-order valence-corrected chi connectivity index (χ4v) is 3.06. The van der Waals surface area contributed by atoms with Crippen molar-refractivity contribution in [2.24, 2.45) is 10.1 Å². The molecule has 2 aromatic rings. The van der Waals surface area contributed by atoms with Crippen molar-refractivity contribution >= 4 is 35.7 Å². The molecule has 114 valence electrons. The Morgan fingerprint density at radius 3 is 2.78 bits per heavy atom. The molecule has 1 unspecified atom stereocenters. The molecule has 0 radical (unpaired) electrons. The average Bonchev–Trinajstić information content (AvgIpc) is 2.92. The van der Waals surface area contributed by atoms with Crippen molar-refractivity contribution in [1.82, 2.24) is 4.90 Å². The zero-order chi connectivity index (χ0) is 15.8. The molecule has 2 aliphatic rings. The Kier molecular flexibility index (Phi) is 3.35. The molecule has 2 aliphatic heterocycles. The lowest BCUT2D eigenvalue weighted by Crippen LogP contribution is -2.41. The van der Waals surface area contributed by atoms with Crippen molar-refractivity contribution in [3.63, 3.8) is 0 Å². The number of nitrogens with zero attached hydrogens (tertiary/aromatic N) is 4. The lowest BCUT2D eigenvalue weighted by molar-refractivity contribution is -0.115. The van der Waals surface area contributed by atoms with E-state index in [1.807, 2.05) is 53.5 Å². The molecule has 0 fully saturated rings. The van der Waals surface area contributed by atoms with E-state index in [0.717, 1.165) is 28.9 Å². The monoisotopic (exact) mass is 324 g/mol. The third-order valence-electron chi connectivity index (χ3n) is 3.98. The molecule has 0 aliphatic carbocycles. The highest BCUT2D eigenvalue weighted by atomic mass is 35.5. The van der Waals surface area contributed by atoms with Crippen LogP contribution in [-0.4, -0.2) is 36.1 Å². The number of amides is 1. The standard InChI is InChI=1S/C17H13ClN4O/c18-13-6-7-15-14(8-13)17(12-4-2-1-3-5-12)19-9-16-21(11-23)10-20-22(15)16/h1-8,10-11,16H,9H2. The first-order valence-corrected chi connectivity index (χ1v) is 7.61. The van der Waals surface area contributed by atoms with E-state index in [2.05, 4.69) is 5.10 Å². The van der Waals surface area contributed by atoms with Crippen LogP contribution in [0.1, 0.15) is 11.1 Å². The summed E-state index contributed by atoms with van der Waals surface area (Å²) in [5.74, 6) is 0. The maximum absolute atomic E-state index is 11.2. The highest BCUT2D eigenvalue weighted by Crippen LogP contribution is 2.33. The van der Waals surface area contributed by atoms with Crippen LogP contribution in [0.5, 0.6) is 0 Å². The molecule has 4 rings (SSSR count). The summed E-state index contributed by atoms with van der Waals surface area (Å²) in [6, 6.07) is 15.6. The fourth-order valence-electron chi connectivity index (χ4n) is 2.89. The minimum absolute atomic E-state index is 0.242. The maximum Gasteiger partial charge on any atom is 0.216 e. The van der Waals surface area contributed by atoms with Gasteiger partial charge in [0.25, 0.3) is 0 Å². The number of benzene rings is 2. The van der Waals surface area contributed by atoms with Crippen LogP contribution in [0.3, 0.4) is 0 Å². The number of anilines is 1. The first kappa shape index (κ1) is 14.0. The lowest BCUT2D eigenvalue weighted by Gasteiger charge is -2.25. The predicted molar refractivity (Wildman–Crippen MR) is 91.1 cm³/mol. The molecule has 2 aromatic carbocycles. The first-order valence-electron chi connectivity index (χ1n) is 7.24. The molecule has 0 spiro atoms. The lowest BCUT2D eigenvalue weighted by atomic mass is 10.0. The summed E-state index contributed by atoms with van der Waals surface area (Å²) >= 11 is 6.20. The summed E-state index contributed by atoms with van der Waals surface area (Å²) in [6.07, 6.45) is 2.06. The van der Waals surface area contributed by atoms with Crippen molar-refractivity contribution < 1.29 is 4.79 Å². The second kappa shape index (κ2) is 5.52. The van der Waals surface area contributed by atoms with Crippen LogP contribution in [-0.2, 0) is 4.79 Å². The number of aliphatic imine (C=N–C) groups is 1. The zero-order valence-electron chi connectivity index (χ0n) is 12.1. The molecule has 6 heteroatoms. The number of halogens is 1. The van der Waals surface area contributed by atoms with E-state index >= 15 is 0 Å². The van der Waals surface area contributed by atoms with E-state index in [4.69, 9.17) is 16.6 Å². The van der Waals surface area contributed by atoms with Gasteiger partial charge in [-0.05, 0) is 18.2 Å². The molecule has 23 heavy (non-hydrogen) atoms. The van der Waals surface area contributed by atoms with E-state index in [-0.39, 0.29) is 6.17 Å². The molecule has 0 aromatic heterocycles. The van der Waals surface area contributed by atoms with Gasteiger partial charge in [0.05, 0.1) is 17.9 Å². The smallest absolute Gasteiger partial charge is 0.216 e. The van der Waals surface area contributed by atoms with Crippen LogP contribution in [0.4, 0.5) is 5.69 Å². The minimum Gasteiger partial charge on any atom is -0.280 e. The van der Waals surface area contributed by atoms with Gasteiger partial charge in [0.1, 0.15) is 6.34 Å². The number of carbonyl (C=O) groups is 1. The molecular formula is C17H13ClN4O. The Labute approximate surface area is 138 Å². The van der Waals surface area contributed by atoms with E-state index in [9.17, 15) is 4.79 Å². The Hall–Kier alpha value is -2.66. The fraction of sp³-hybridized carbons (Fsp3) is 0.118. The Morgan fingerprint density at radius 2 is 2.00 bits per heavy atom. The highest BCUT2D eigenvalue weighted by molar-refractivity contribution is 6.31. The molecule has 1 amide bonds. The highest BCUT2D eigenvalue weighted by Gasteiger charge is 2.33. The van der Waals surface area contributed by atoms with Gasteiger partial charge < -0.3 is 0 Å². The van der Waals surface area contributed by atoms with Gasteiger partial charge >= 0.3 is 0 Å². The molecule has 0 saturated carbocycles. The van der Waals surface area contributed by atoms with Gasteiger partial charge in [-0.2, -0.15) is 5.10 Å². The Morgan fingerprint density at radius 1 is 1.17 bits per heavy atom. The van der Waals surface area contributed by atoms with Gasteiger partial charge in [0.2, 0.25) is 6.41 Å². The van der Waals surface area contributed by atoms with Gasteiger partial charge in [-0.25, -0.2) is 5.01 Å². The third kappa shape index (κ3) is 2.29. The molecule has 2 heterocycles. The van der Waals surface area contributed by atoms with E-state index in [0.29, 0.717) is 11.6 Å². The molecule has 0 N–H and O–H groups in total. The second-order valence-electron chi connectivity index (χ2n) is 5.33. The van der Waals surface area contributed by atoms with Crippen molar-refractivity contribution in [2.45, 2.75) is 6.17 Å². The number of hydrogen-bond acceptors (Lipinski definition) is 4. The summed E-state index contributed by atoms with van der Waals surface area (Å²) in [4.78, 5) is 17.5. The summed E-state index contributed by atoms with van der Waals surface area (Å²) in [6.45, 7) is 0.440. The van der Waals surface area contributed by atoms with Gasteiger partial charge in [-0.3, -0.25) is 14.7 Å². The van der Waals surface area contributed by atoms with E-state index < -0.39 is 0 Å². The SMILES string of the molecule is O=CN1C=NN2c3ccc(Cl)cc3C(c3ccccc3)=NCC12. The van der Waals surface area contributed by atoms with Crippen LogP contribution < -0.4 is 5.01 Å². The Bertz CT molecular complexity index is 819. The van der Waals surface area contributed by atoms with Crippen molar-refractivity contribution in [3.8, 4) is 0 Å². The van der Waals surface area contributed by atoms with Gasteiger partial charge in [-0.15, -0.1) is 0 Å². The maximum atomic E-state index is 11.2. The second-order valence-corrected chi connectivity index (χ2v) is 5.76. The Balaban J connectivity index is 1.90. The molecule has 0 bridgehead atoms. The summed E-state index contributed by atoms with van der Waals surface area (Å²) in [5, 5.41) is 6.81. The number of hydrazone groups is 1. The third-order valence-corrected chi connectivity index (χ3v) is 4.21. The summed E-state index contributed by atoms with van der Waals surface area (Å²) in [7, 11) is 0. The van der Waals surface area contributed by atoms with Crippen molar-refractivity contribution in [3.05, 3.63) is 64.7 Å². The first-order chi connectivity index (χ1) is 11.3. The van der Waals surface area contributed by atoms with Gasteiger partial charge in [0.15, 0.2) is 6.17 Å². The number of fused-ring (bicyclic) bond motifs is 3. The van der Waals surface area contributed by atoms with Crippen molar-refractivity contribution in [2.75, 3.05) is 11.6 Å². The largest absolute Gasteiger partial charge is 0.280 e. The molecular weight excluding hydrogens is 312 g/mol. The quantitative estimate of drug-likeness (QED) is 0.797. The zero-order valence-corrected chi connectivity index (χ0v) is 12.9. The normalized spacial score (nSPS) is 19.0. The molecule has 0 saturated heterocycles. The average molecular weight is 325 g/mol. The van der Waals surface area contributed by atoms with Crippen LogP contribution in [0.25, 0.3) is 0 Å². The van der Waals surface area contributed by atoms with Crippen LogP contribution in [0.2, 0.25) is 5.02 Å². The van der Waals surface area contributed by atoms with Gasteiger partial charge in [-0.1, -0.05) is 41.9 Å². The van der Waals surface area contributed by atoms with Crippen LogP contribution >= 0.6 is 11.6 Å². The van der Waals surface area contributed by atoms with Crippen LogP contribution in [0.15, 0.2) is 58.6 Å².